The third-order valence-corrected chi connectivity index (χ3v) is 4.06. The van der Waals surface area contributed by atoms with E-state index in [-0.39, 0.29) is 5.54 Å². The number of hydrogen-bond acceptors (Lipinski definition) is 3. The second-order valence-electron chi connectivity index (χ2n) is 5.19. The fourth-order valence-electron chi connectivity index (χ4n) is 2.97. The van der Waals surface area contributed by atoms with Crippen LogP contribution < -0.4 is 10.7 Å². The van der Waals surface area contributed by atoms with Gasteiger partial charge in [-0.3, -0.25) is 9.80 Å². The van der Waals surface area contributed by atoms with Crippen molar-refractivity contribution < 1.29 is 4.79 Å². The molecular weight excluding hydrogens is 190 g/mol. The number of carbonyl (C=O) groups excluding carboxylic acids is 1. The fourth-order valence-corrected chi connectivity index (χ4v) is 2.97. The first-order valence-electron chi connectivity index (χ1n) is 6.10. The molecule has 0 aromatic rings. The molecule has 84 valence electrons. The van der Waals surface area contributed by atoms with E-state index in [1.54, 1.807) is 0 Å². The van der Waals surface area contributed by atoms with E-state index in [0.29, 0.717) is 11.9 Å². The van der Waals surface area contributed by atoms with Crippen LogP contribution in [0.3, 0.4) is 0 Å². The first kappa shape index (κ1) is 9.60. The van der Waals surface area contributed by atoms with Gasteiger partial charge in [-0.1, -0.05) is 0 Å². The molecule has 1 spiro atoms. The van der Waals surface area contributed by atoms with Crippen LogP contribution in [0.5, 0.6) is 0 Å². The van der Waals surface area contributed by atoms with Crippen molar-refractivity contribution in [3.05, 3.63) is 0 Å². The summed E-state index contributed by atoms with van der Waals surface area (Å²) >= 11 is 0. The Morgan fingerprint density at radius 3 is 2.73 bits per heavy atom. The van der Waals surface area contributed by atoms with Crippen molar-refractivity contribution >= 4 is 5.91 Å². The molecule has 1 amide bonds. The zero-order valence-electron chi connectivity index (χ0n) is 9.09. The quantitative estimate of drug-likeness (QED) is 0.657. The Labute approximate surface area is 90.4 Å². The maximum Gasteiger partial charge on any atom is 0.238 e. The molecule has 15 heavy (non-hydrogen) atoms. The standard InChI is InChI=1S/C11H19N3O/c15-10-7-11(4-2-5-11)13-14(10)9-3-1-6-12-8-9/h9,12-13H,1-8H2. The number of hydrazine groups is 1. The molecule has 0 bridgehead atoms. The van der Waals surface area contributed by atoms with E-state index in [9.17, 15) is 4.79 Å². The molecule has 1 unspecified atom stereocenters. The monoisotopic (exact) mass is 209 g/mol. The van der Waals surface area contributed by atoms with Crippen molar-refractivity contribution in [1.29, 1.82) is 0 Å². The highest BCUT2D eigenvalue weighted by Gasteiger charge is 2.48. The van der Waals surface area contributed by atoms with Gasteiger partial charge in [-0.15, -0.1) is 0 Å². The highest BCUT2D eigenvalue weighted by molar-refractivity contribution is 5.80. The van der Waals surface area contributed by atoms with Gasteiger partial charge in [0.05, 0.1) is 6.04 Å². The van der Waals surface area contributed by atoms with Gasteiger partial charge in [0.1, 0.15) is 0 Å². The molecule has 0 aromatic heterocycles. The van der Waals surface area contributed by atoms with Crippen molar-refractivity contribution in [3.63, 3.8) is 0 Å². The molecule has 3 rings (SSSR count). The SMILES string of the molecule is O=C1CC2(CCC2)NN1C1CCCNC1. The number of piperidine rings is 1. The average Bonchev–Trinajstić information content (AvgIpc) is 2.57. The van der Waals surface area contributed by atoms with Crippen molar-refractivity contribution in [3.8, 4) is 0 Å². The molecule has 4 heteroatoms. The molecule has 3 aliphatic rings. The summed E-state index contributed by atoms with van der Waals surface area (Å²) < 4.78 is 0. The highest BCUT2D eigenvalue weighted by atomic mass is 16.2. The smallest absolute Gasteiger partial charge is 0.238 e. The lowest BCUT2D eigenvalue weighted by Crippen LogP contribution is -2.56. The minimum Gasteiger partial charge on any atom is -0.315 e. The predicted octanol–water partition coefficient (Wildman–Crippen LogP) is 0.398. The molecule has 1 atom stereocenters. The number of carbonyl (C=O) groups is 1. The summed E-state index contributed by atoms with van der Waals surface area (Å²) in [5.41, 5.74) is 3.63. The van der Waals surface area contributed by atoms with Crippen LogP contribution >= 0.6 is 0 Å². The maximum absolute atomic E-state index is 11.9. The van der Waals surface area contributed by atoms with Crippen LogP contribution in [-0.4, -0.2) is 35.6 Å². The molecule has 0 aromatic carbocycles. The van der Waals surface area contributed by atoms with Crippen LogP contribution in [0, 0.1) is 0 Å². The van der Waals surface area contributed by atoms with Gasteiger partial charge in [0.25, 0.3) is 0 Å². The van der Waals surface area contributed by atoms with Crippen molar-refractivity contribution in [2.24, 2.45) is 0 Å². The van der Waals surface area contributed by atoms with Gasteiger partial charge in [-0.25, -0.2) is 5.43 Å². The Morgan fingerprint density at radius 1 is 1.33 bits per heavy atom. The second kappa shape index (κ2) is 3.46. The van der Waals surface area contributed by atoms with Crippen LogP contribution in [0.25, 0.3) is 0 Å². The van der Waals surface area contributed by atoms with E-state index in [0.717, 1.165) is 25.9 Å². The van der Waals surface area contributed by atoms with Gasteiger partial charge in [0.2, 0.25) is 5.91 Å². The Hall–Kier alpha value is -0.610. The summed E-state index contributed by atoms with van der Waals surface area (Å²) in [5.74, 6) is 0.309. The number of rotatable bonds is 1. The Kier molecular flexibility index (Phi) is 2.21. The van der Waals surface area contributed by atoms with Crippen molar-refractivity contribution in [2.75, 3.05) is 13.1 Å². The van der Waals surface area contributed by atoms with Crippen LogP contribution in [0.1, 0.15) is 38.5 Å². The zero-order chi connectivity index (χ0) is 10.3. The predicted molar refractivity (Wildman–Crippen MR) is 57.1 cm³/mol. The third-order valence-electron chi connectivity index (χ3n) is 4.06. The zero-order valence-corrected chi connectivity index (χ0v) is 9.09. The normalized spacial score (nSPS) is 34.5. The topological polar surface area (TPSA) is 44.4 Å². The molecule has 4 nitrogen and oxygen atoms in total. The molecule has 2 saturated heterocycles. The molecule has 0 radical (unpaired) electrons. The largest absolute Gasteiger partial charge is 0.315 e. The van der Waals surface area contributed by atoms with Crippen LogP contribution in [0.4, 0.5) is 0 Å². The number of nitrogens with one attached hydrogen (secondary N) is 2. The Bertz CT molecular complexity index is 269. The van der Waals surface area contributed by atoms with Crippen molar-refractivity contribution in [2.45, 2.75) is 50.1 Å². The lowest BCUT2D eigenvalue weighted by molar-refractivity contribution is -0.132. The van der Waals surface area contributed by atoms with Gasteiger partial charge >= 0.3 is 0 Å². The summed E-state index contributed by atoms with van der Waals surface area (Å²) in [6.45, 7) is 2.05. The minimum absolute atomic E-state index is 0.161. The lowest BCUT2D eigenvalue weighted by Gasteiger charge is -2.40. The van der Waals surface area contributed by atoms with E-state index < -0.39 is 0 Å². The second-order valence-corrected chi connectivity index (χ2v) is 5.19. The summed E-state index contributed by atoms with van der Waals surface area (Å²) in [7, 11) is 0. The van der Waals surface area contributed by atoms with Gasteiger partial charge in [-0.2, -0.15) is 0 Å². The Morgan fingerprint density at radius 2 is 2.20 bits per heavy atom. The maximum atomic E-state index is 11.9. The third kappa shape index (κ3) is 1.56. The summed E-state index contributed by atoms with van der Waals surface area (Å²) in [6, 6.07) is 0.381. The van der Waals surface area contributed by atoms with Gasteiger partial charge in [-0.05, 0) is 38.6 Å². The van der Waals surface area contributed by atoms with Gasteiger partial charge in [0, 0.05) is 18.5 Å². The van der Waals surface area contributed by atoms with E-state index >= 15 is 0 Å². The van der Waals surface area contributed by atoms with E-state index in [1.165, 1.54) is 25.7 Å². The molecule has 2 heterocycles. The van der Waals surface area contributed by atoms with Gasteiger partial charge < -0.3 is 5.32 Å². The Balaban J connectivity index is 1.68. The molecular formula is C11H19N3O. The van der Waals surface area contributed by atoms with Crippen LogP contribution in [0.2, 0.25) is 0 Å². The number of amides is 1. The summed E-state index contributed by atoms with van der Waals surface area (Å²) in [6.07, 6.45) is 6.68. The molecule has 1 saturated carbocycles. The van der Waals surface area contributed by atoms with E-state index in [1.807, 2.05) is 5.01 Å². The van der Waals surface area contributed by atoms with Gasteiger partial charge in [0.15, 0.2) is 0 Å². The lowest BCUT2D eigenvalue weighted by atomic mass is 9.76. The molecule has 3 fully saturated rings. The summed E-state index contributed by atoms with van der Waals surface area (Å²) in [4.78, 5) is 11.9. The molecule has 1 aliphatic carbocycles. The highest BCUT2D eigenvalue weighted by Crippen LogP contribution is 2.39. The summed E-state index contributed by atoms with van der Waals surface area (Å²) in [5, 5.41) is 5.28. The fraction of sp³-hybridized carbons (Fsp3) is 0.909. The van der Waals surface area contributed by atoms with E-state index in [2.05, 4.69) is 10.7 Å². The average molecular weight is 209 g/mol. The number of nitrogens with zero attached hydrogens (tertiary/aromatic N) is 1. The van der Waals surface area contributed by atoms with Crippen LogP contribution in [0.15, 0.2) is 0 Å². The first-order chi connectivity index (χ1) is 7.29. The minimum atomic E-state index is 0.161. The van der Waals surface area contributed by atoms with E-state index in [4.69, 9.17) is 0 Å². The molecule has 2 aliphatic heterocycles. The van der Waals surface area contributed by atoms with Crippen molar-refractivity contribution in [1.82, 2.24) is 15.8 Å². The first-order valence-corrected chi connectivity index (χ1v) is 6.10. The number of hydrogen-bond donors (Lipinski definition) is 2. The molecule has 2 N–H and O–H groups in total. The van der Waals surface area contributed by atoms with Crippen LogP contribution in [-0.2, 0) is 4.79 Å².